The molecule has 3 heterocycles. The van der Waals surface area contributed by atoms with E-state index >= 15 is 0 Å². The van der Waals surface area contributed by atoms with Crippen LogP contribution in [-0.2, 0) is 16.6 Å². The standard InChI is InChI=1S/C25H24FN5O4S2/c1-15-18(13-20-24(35)31(25(36)37-20)8-7-21(32)33)22(28(2)23(34)19(15)14-27)30-11-9-29(10-12-30)17-5-3-16(26)4-6-17/h3-6,13H,7-12H2,1-2H3,(H,32,33). The summed E-state index contributed by atoms with van der Waals surface area (Å²) in [5, 5.41) is 18.7. The third kappa shape index (κ3) is 5.23. The van der Waals surface area contributed by atoms with Gasteiger partial charge in [-0.05, 0) is 42.8 Å². The first-order chi connectivity index (χ1) is 17.6. The lowest BCUT2D eigenvalue weighted by Crippen LogP contribution is -2.48. The van der Waals surface area contributed by atoms with Crippen molar-refractivity contribution in [3.8, 4) is 6.07 Å². The van der Waals surface area contributed by atoms with Crippen molar-refractivity contribution in [1.29, 1.82) is 5.26 Å². The van der Waals surface area contributed by atoms with Gasteiger partial charge in [0, 0.05) is 51.0 Å². The van der Waals surface area contributed by atoms with Crippen LogP contribution in [0.2, 0.25) is 0 Å². The van der Waals surface area contributed by atoms with Crippen LogP contribution in [0.25, 0.3) is 6.08 Å². The molecule has 0 radical (unpaired) electrons. The monoisotopic (exact) mass is 541 g/mol. The van der Waals surface area contributed by atoms with Crippen LogP contribution in [0.3, 0.4) is 0 Å². The lowest BCUT2D eigenvalue weighted by atomic mass is 10.0. The fraction of sp³-hybridized carbons (Fsp3) is 0.320. The predicted molar refractivity (Wildman–Crippen MR) is 144 cm³/mol. The van der Waals surface area contributed by atoms with E-state index in [2.05, 4.69) is 4.90 Å². The number of benzene rings is 1. The number of carboxylic acids is 1. The van der Waals surface area contributed by atoms with Gasteiger partial charge in [0.2, 0.25) is 0 Å². The van der Waals surface area contributed by atoms with Gasteiger partial charge in [0.15, 0.2) is 0 Å². The van der Waals surface area contributed by atoms with Crippen LogP contribution in [0.15, 0.2) is 34.0 Å². The maximum Gasteiger partial charge on any atom is 0.305 e. The molecule has 192 valence electrons. The SMILES string of the molecule is Cc1c(C=C2SC(=S)N(CCC(=O)O)C2=O)c(N2CCN(c3ccc(F)cc3)CC2)n(C)c(=O)c1C#N. The summed E-state index contributed by atoms with van der Waals surface area (Å²) in [6.45, 7) is 3.98. The molecule has 12 heteroatoms. The number of hydrogen-bond donors (Lipinski definition) is 1. The second-order valence-electron chi connectivity index (χ2n) is 8.64. The number of anilines is 2. The number of aliphatic carboxylic acids is 1. The smallest absolute Gasteiger partial charge is 0.305 e. The minimum atomic E-state index is -1.03. The maximum atomic E-state index is 13.3. The van der Waals surface area contributed by atoms with Gasteiger partial charge in [-0.3, -0.25) is 23.9 Å². The van der Waals surface area contributed by atoms with Crippen LogP contribution in [0.4, 0.5) is 15.9 Å². The molecule has 0 aliphatic carbocycles. The summed E-state index contributed by atoms with van der Waals surface area (Å²) < 4.78 is 15.0. The summed E-state index contributed by atoms with van der Waals surface area (Å²) in [4.78, 5) is 42.7. The van der Waals surface area contributed by atoms with Crippen molar-refractivity contribution in [2.45, 2.75) is 13.3 Å². The van der Waals surface area contributed by atoms with Crippen LogP contribution in [0.1, 0.15) is 23.1 Å². The number of aromatic nitrogens is 1. The molecule has 1 aromatic heterocycles. The quantitative estimate of drug-likeness (QED) is 0.436. The lowest BCUT2D eigenvalue weighted by Gasteiger charge is -2.38. The molecule has 37 heavy (non-hydrogen) atoms. The number of thiocarbonyl (C=S) groups is 1. The Kier molecular flexibility index (Phi) is 7.65. The molecular formula is C25H24FN5O4S2. The van der Waals surface area contributed by atoms with Crippen molar-refractivity contribution in [3.63, 3.8) is 0 Å². The number of carbonyl (C=O) groups is 2. The third-order valence-corrected chi connectivity index (χ3v) is 7.81. The number of carboxylic acid groups (broad SMARTS) is 1. The van der Waals surface area contributed by atoms with E-state index in [4.69, 9.17) is 17.3 Å². The molecular weight excluding hydrogens is 517 g/mol. The zero-order valence-electron chi connectivity index (χ0n) is 20.2. The first kappa shape index (κ1) is 26.4. The van der Waals surface area contributed by atoms with Crippen molar-refractivity contribution >= 4 is 57.8 Å². The largest absolute Gasteiger partial charge is 0.481 e. The van der Waals surface area contributed by atoms with E-state index in [1.807, 2.05) is 11.0 Å². The summed E-state index contributed by atoms with van der Waals surface area (Å²) in [5.74, 6) is -1.16. The van der Waals surface area contributed by atoms with Gasteiger partial charge in [0.25, 0.3) is 11.5 Å². The highest BCUT2D eigenvalue weighted by molar-refractivity contribution is 8.26. The molecule has 2 fully saturated rings. The first-order valence-corrected chi connectivity index (χ1v) is 12.7. The lowest BCUT2D eigenvalue weighted by molar-refractivity contribution is -0.137. The van der Waals surface area contributed by atoms with Gasteiger partial charge in [-0.2, -0.15) is 5.26 Å². The molecule has 0 spiro atoms. The molecule has 2 saturated heterocycles. The van der Waals surface area contributed by atoms with Crippen molar-refractivity contribution in [2.75, 3.05) is 42.5 Å². The highest BCUT2D eigenvalue weighted by atomic mass is 32.2. The molecule has 1 aromatic carbocycles. The summed E-state index contributed by atoms with van der Waals surface area (Å²) >= 11 is 6.37. The van der Waals surface area contributed by atoms with E-state index < -0.39 is 17.4 Å². The van der Waals surface area contributed by atoms with Crippen LogP contribution >= 0.6 is 24.0 Å². The van der Waals surface area contributed by atoms with Crippen molar-refractivity contribution in [3.05, 3.63) is 62.0 Å². The van der Waals surface area contributed by atoms with Crippen LogP contribution < -0.4 is 15.4 Å². The first-order valence-electron chi connectivity index (χ1n) is 11.5. The zero-order valence-corrected chi connectivity index (χ0v) is 21.9. The molecule has 0 unspecified atom stereocenters. The number of hydrogen-bond acceptors (Lipinski definition) is 8. The predicted octanol–water partition coefficient (Wildman–Crippen LogP) is 2.71. The van der Waals surface area contributed by atoms with Gasteiger partial charge in [0.1, 0.15) is 27.6 Å². The van der Waals surface area contributed by atoms with Crippen molar-refractivity contribution < 1.29 is 19.1 Å². The number of piperazine rings is 1. The van der Waals surface area contributed by atoms with Gasteiger partial charge in [-0.25, -0.2) is 4.39 Å². The maximum absolute atomic E-state index is 13.3. The number of carbonyl (C=O) groups excluding carboxylic acids is 1. The Labute approximate surface area is 222 Å². The Balaban J connectivity index is 1.70. The Morgan fingerprint density at radius 2 is 1.81 bits per heavy atom. The van der Waals surface area contributed by atoms with E-state index in [-0.39, 0.29) is 28.7 Å². The van der Waals surface area contributed by atoms with Crippen molar-refractivity contribution in [1.82, 2.24) is 9.47 Å². The molecule has 2 aliphatic rings. The molecule has 1 N–H and O–H groups in total. The molecule has 9 nitrogen and oxygen atoms in total. The second-order valence-corrected chi connectivity index (χ2v) is 10.3. The summed E-state index contributed by atoms with van der Waals surface area (Å²) in [7, 11) is 1.60. The summed E-state index contributed by atoms with van der Waals surface area (Å²) in [6.07, 6.45) is 1.40. The summed E-state index contributed by atoms with van der Waals surface area (Å²) in [5.41, 5.74) is 1.48. The fourth-order valence-electron chi connectivity index (χ4n) is 4.45. The van der Waals surface area contributed by atoms with Gasteiger partial charge < -0.3 is 14.9 Å². The molecule has 2 aromatic rings. The number of amides is 1. The normalized spacial score (nSPS) is 17.0. The molecule has 4 rings (SSSR count). The molecule has 0 bridgehead atoms. The number of nitriles is 1. The third-order valence-electron chi connectivity index (χ3n) is 6.44. The van der Waals surface area contributed by atoms with Crippen molar-refractivity contribution in [2.24, 2.45) is 7.05 Å². The summed E-state index contributed by atoms with van der Waals surface area (Å²) in [6, 6.07) is 8.27. The fourth-order valence-corrected chi connectivity index (χ4v) is 5.74. The van der Waals surface area contributed by atoms with Crippen LogP contribution in [0, 0.1) is 24.1 Å². The minimum Gasteiger partial charge on any atom is -0.481 e. The Hall–Kier alpha value is -3.69. The molecule has 2 aliphatic heterocycles. The van der Waals surface area contributed by atoms with E-state index in [0.29, 0.717) is 48.0 Å². The van der Waals surface area contributed by atoms with Gasteiger partial charge >= 0.3 is 5.97 Å². The Morgan fingerprint density at radius 1 is 1.19 bits per heavy atom. The highest BCUT2D eigenvalue weighted by Crippen LogP contribution is 2.36. The molecule has 1 amide bonds. The highest BCUT2D eigenvalue weighted by Gasteiger charge is 2.33. The van der Waals surface area contributed by atoms with Gasteiger partial charge in [-0.1, -0.05) is 24.0 Å². The number of halogens is 1. The van der Waals surface area contributed by atoms with Crippen LogP contribution in [-0.4, -0.2) is 63.5 Å². The second kappa shape index (κ2) is 10.7. The van der Waals surface area contributed by atoms with E-state index in [1.165, 1.54) is 21.6 Å². The van der Waals surface area contributed by atoms with Crippen LogP contribution in [0.5, 0.6) is 0 Å². The minimum absolute atomic E-state index is 0.0104. The van der Waals surface area contributed by atoms with E-state index in [1.54, 1.807) is 32.2 Å². The number of thioether (sulfide) groups is 1. The topological polar surface area (TPSA) is 110 Å². The Morgan fingerprint density at radius 3 is 2.41 bits per heavy atom. The van der Waals surface area contributed by atoms with E-state index in [9.17, 15) is 24.0 Å². The Bertz CT molecular complexity index is 1410. The van der Waals surface area contributed by atoms with Gasteiger partial charge in [-0.15, -0.1) is 0 Å². The molecule has 0 saturated carbocycles. The average Bonchev–Trinajstić information content (AvgIpc) is 3.14. The molecule has 0 atom stereocenters. The number of nitrogens with zero attached hydrogens (tertiary/aromatic N) is 5. The van der Waals surface area contributed by atoms with Gasteiger partial charge in [0.05, 0.1) is 11.3 Å². The number of rotatable bonds is 6. The average molecular weight is 542 g/mol. The number of pyridine rings is 1. The zero-order chi connectivity index (χ0) is 26.9. The van der Waals surface area contributed by atoms with E-state index in [0.717, 1.165) is 17.4 Å².